The van der Waals surface area contributed by atoms with Crippen LogP contribution in [0.15, 0.2) is 0 Å². The highest BCUT2D eigenvalue weighted by Gasteiger charge is 2.19. The summed E-state index contributed by atoms with van der Waals surface area (Å²) in [6, 6.07) is 0. The van der Waals surface area contributed by atoms with E-state index in [-0.39, 0.29) is 22.5 Å². The third-order valence-corrected chi connectivity index (χ3v) is 5.72. The average molecular weight is 406 g/mol. The van der Waals surface area contributed by atoms with Gasteiger partial charge in [0.25, 0.3) is 0 Å². The zero-order valence-electron chi connectivity index (χ0n) is 12.6. The predicted molar refractivity (Wildman–Crippen MR) is 87.3 cm³/mol. The highest BCUT2D eigenvalue weighted by Crippen LogP contribution is 2.23. The first kappa shape index (κ1) is 19.6. The van der Waals surface area contributed by atoms with Crippen LogP contribution in [0, 0.1) is 5.41 Å². The first-order chi connectivity index (χ1) is 8.58. The van der Waals surface area contributed by atoms with Crippen molar-refractivity contribution in [3.8, 4) is 0 Å². The molecule has 0 bridgehead atoms. The molecule has 1 atom stereocenters. The molecule has 0 aromatic heterocycles. The highest BCUT2D eigenvalue weighted by molar-refractivity contribution is 14.1. The zero-order chi connectivity index (χ0) is 15.1. The molecule has 0 rings (SSSR count). The second-order valence-corrected chi connectivity index (χ2v) is 9.51. The van der Waals surface area contributed by atoms with Crippen molar-refractivity contribution in [3.05, 3.63) is 0 Å². The number of sulfone groups is 1. The maximum atomic E-state index is 11.6. The van der Waals surface area contributed by atoms with Crippen LogP contribution in [-0.2, 0) is 17.6 Å². The minimum absolute atomic E-state index is 0.0577. The SMILES string of the molecule is CC(C)S(=O)(=O)CCCOCC(CC(C)(C)C)OI. The summed E-state index contributed by atoms with van der Waals surface area (Å²) in [6.07, 6.45) is 1.52. The highest BCUT2D eigenvalue weighted by atomic mass is 127. The average Bonchev–Trinajstić information content (AvgIpc) is 2.25. The van der Waals surface area contributed by atoms with Crippen LogP contribution in [0.1, 0.15) is 47.5 Å². The minimum atomic E-state index is -2.95. The molecule has 0 aliphatic heterocycles. The summed E-state index contributed by atoms with van der Waals surface area (Å²) in [5.74, 6) is 0.194. The molecule has 0 saturated heterocycles. The molecule has 19 heavy (non-hydrogen) atoms. The maximum absolute atomic E-state index is 11.6. The number of hydrogen-bond donors (Lipinski definition) is 0. The van der Waals surface area contributed by atoms with Gasteiger partial charge in [-0.2, -0.15) is 0 Å². The molecular formula is C13H27IO4S. The Hall–Kier alpha value is 0.600. The van der Waals surface area contributed by atoms with Crippen LogP contribution in [0.4, 0.5) is 0 Å². The Morgan fingerprint density at radius 1 is 1.21 bits per heavy atom. The van der Waals surface area contributed by atoms with Crippen molar-refractivity contribution in [2.45, 2.75) is 58.8 Å². The molecule has 0 amide bonds. The number of hydrogen-bond acceptors (Lipinski definition) is 4. The van der Waals surface area contributed by atoms with Crippen molar-refractivity contribution in [1.82, 2.24) is 0 Å². The summed E-state index contributed by atoms with van der Waals surface area (Å²) in [6.45, 7) is 10.9. The smallest absolute Gasteiger partial charge is 0.152 e. The summed E-state index contributed by atoms with van der Waals surface area (Å²) in [4.78, 5) is 0. The Bertz CT molecular complexity index is 333. The van der Waals surface area contributed by atoms with E-state index in [4.69, 9.17) is 7.80 Å². The van der Waals surface area contributed by atoms with E-state index in [1.54, 1.807) is 13.8 Å². The van der Waals surface area contributed by atoms with Gasteiger partial charge in [-0.05, 0) is 32.1 Å². The molecule has 4 nitrogen and oxygen atoms in total. The Morgan fingerprint density at radius 2 is 1.79 bits per heavy atom. The summed E-state index contributed by atoms with van der Waals surface area (Å²) >= 11 is 1.90. The van der Waals surface area contributed by atoms with Crippen LogP contribution in [0.3, 0.4) is 0 Å². The van der Waals surface area contributed by atoms with Gasteiger partial charge in [-0.1, -0.05) is 20.8 Å². The van der Waals surface area contributed by atoms with Crippen molar-refractivity contribution in [2.75, 3.05) is 19.0 Å². The van der Waals surface area contributed by atoms with E-state index in [0.717, 1.165) is 6.42 Å². The lowest BCUT2D eigenvalue weighted by Crippen LogP contribution is -2.24. The van der Waals surface area contributed by atoms with Gasteiger partial charge in [0, 0.05) is 6.61 Å². The van der Waals surface area contributed by atoms with E-state index in [2.05, 4.69) is 20.8 Å². The fourth-order valence-corrected chi connectivity index (χ4v) is 2.93. The summed E-state index contributed by atoms with van der Waals surface area (Å²) < 4.78 is 34.0. The van der Waals surface area contributed by atoms with Gasteiger partial charge in [-0.25, -0.2) is 8.42 Å². The first-order valence-electron chi connectivity index (χ1n) is 6.65. The van der Waals surface area contributed by atoms with Gasteiger partial charge in [-0.3, -0.25) is 0 Å². The van der Waals surface area contributed by atoms with Crippen LogP contribution in [0.25, 0.3) is 0 Å². The largest absolute Gasteiger partial charge is 0.379 e. The Balaban J connectivity index is 3.85. The van der Waals surface area contributed by atoms with E-state index in [1.807, 2.05) is 23.0 Å². The van der Waals surface area contributed by atoms with Gasteiger partial charge >= 0.3 is 0 Å². The standard InChI is InChI=1S/C13H27IO4S/c1-11(2)19(15,16)8-6-7-17-10-12(18-14)9-13(3,4)5/h11-12H,6-10H2,1-5H3. The lowest BCUT2D eigenvalue weighted by atomic mass is 9.89. The fraction of sp³-hybridized carbons (Fsp3) is 1.00. The van der Waals surface area contributed by atoms with Crippen LogP contribution in [0.5, 0.6) is 0 Å². The summed E-state index contributed by atoms with van der Waals surface area (Å²) in [5.41, 5.74) is 0.195. The lowest BCUT2D eigenvalue weighted by Gasteiger charge is -2.23. The quantitative estimate of drug-likeness (QED) is 0.435. The number of ether oxygens (including phenoxy) is 1. The molecule has 0 aromatic carbocycles. The molecule has 0 spiro atoms. The molecule has 116 valence electrons. The zero-order valence-corrected chi connectivity index (χ0v) is 15.6. The number of rotatable bonds is 9. The predicted octanol–water partition coefficient (Wildman–Crippen LogP) is 3.39. The lowest BCUT2D eigenvalue weighted by molar-refractivity contribution is 0.0514. The number of halogens is 1. The van der Waals surface area contributed by atoms with E-state index < -0.39 is 9.84 Å². The monoisotopic (exact) mass is 406 g/mol. The molecule has 0 aliphatic carbocycles. The van der Waals surface area contributed by atoms with Crippen molar-refractivity contribution >= 4 is 32.8 Å². The van der Waals surface area contributed by atoms with Crippen LogP contribution in [0.2, 0.25) is 0 Å². The molecule has 1 unspecified atom stereocenters. The Morgan fingerprint density at radius 3 is 2.21 bits per heavy atom. The van der Waals surface area contributed by atoms with Gasteiger partial charge in [0.2, 0.25) is 0 Å². The molecule has 0 aliphatic rings. The second kappa shape index (κ2) is 8.79. The van der Waals surface area contributed by atoms with Crippen molar-refractivity contribution < 1.29 is 16.2 Å². The molecule has 0 saturated carbocycles. The van der Waals surface area contributed by atoms with E-state index >= 15 is 0 Å². The maximum Gasteiger partial charge on any atom is 0.152 e. The van der Waals surface area contributed by atoms with Gasteiger partial charge in [0.05, 0.1) is 23.7 Å². The van der Waals surface area contributed by atoms with Crippen molar-refractivity contribution in [3.63, 3.8) is 0 Å². The van der Waals surface area contributed by atoms with Crippen LogP contribution >= 0.6 is 23.0 Å². The topological polar surface area (TPSA) is 52.6 Å². The van der Waals surface area contributed by atoms with E-state index in [0.29, 0.717) is 19.6 Å². The Kier molecular flexibility index (Phi) is 9.07. The molecule has 0 fully saturated rings. The fourth-order valence-electron chi connectivity index (χ4n) is 1.61. The Labute approximate surface area is 132 Å². The molecule has 0 heterocycles. The second-order valence-electron chi connectivity index (χ2n) is 6.32. The minimum Gasteiger partial charge on any atom is -0.379 e. The molecule has 0 N–H and O–H groups in total. The van der Waals surface area contributed by atoms with Crippen molar-refractivity contribution in [2.24, 2.45) is 5.41 Å². The van der Waals surface area contributed by atoms with Crippen LogP contribution < -0.4 is 0 Å². The van der Waals surface area contributed by atoms with Gasteiger partial charge in [0.15, 0.2) is 9.84 Å². The normalized spacial score (nSPS) is 14.9. The van der Waals surface area contributed by atoms with E-state index in [1.165, 1.54) is 0 Å². The third-order valence-electron chi connectivity index (χ3n) is 2.71. The molecule has 6 heteroatoms. The van der Waals surface area contributed by atoms with Crippen LogP contribution in [-0.4, -0.2) is 38.7 Å². The van der Waals surface area contributed by atoms with Gasteiger partial charge in [0.1, 0.15) is 23.0 Å². The summed E-state index contributed by atoms with van der Waals surface area (Å²) in [7, 11) is -2.95. The first-order valence-corrected chi connectivity index (χ1v) is 9.25. The molecule has 0 aromatic rings. The molecular weight excluding hydrogens is 379 g/mol. The van der Waals surface area contributed by atoms with Gasteiger partial charge in [-0.15, -0.1) is 0 Å². The van der Waals surface area contributed by atoms with Gasteiger partial charge < -0.3 is 7.80 Å². The summed E-state index contributed by atoms with van der Waals surface area (Å²) in [5, 5.41) is -0.307. The van der Waals surface area contributed by atoms with E-state index in [9.17, 15) is 8.42 Å². The molecule has 0 radical (unpaired) electrons. The van der Waals surface area contributed by atoms with Crippen molar-refractivity contribution in [1.29, 1.82) is 0 Å². The third kappa shape index (κ3) is 10.0.